The number of allylic oxidation sites excluding steroid dienone is 1. The molecule has 0 bridgehead atoms. The van der Waals surface area contributed by atoms with Gasteiger partial charge < -0.3 is 4.90 Å². The Hall–Kier alpha value is -0.790. The number of carbonyl (C=O) groups is 1. The van der Waals surface area contributed by atoms with Crippen LogP contribution in [0.25, 0.3) is 0 Å². The lowest BCUT2D eigenvalue weighted by Crippen LogP contribution is -2.31. The molecule has 10 heavy (non-hydrogen) atoms. The molecule has 1 rings (SSSR count). The molecule has 0 saturated carbocycles. The zero-order valence-electron chi connectivity index (χ0n) is 6.72. The van der Waals surface area contributed by atoms with Gasteiger partial charge >= 0.3 is 0 Å². The van der Waals surface area contributed by atoms with Gasteiger partial charge in [0, 0.05) is 31.3 Å². The van der Waals surface area contributed by atoms with E-state index in [1.54, 1.807) is 0 Å². The van der Waals surface area contributed by atoms with Crippen LogP contribution in [-0.4, -0.2) is 24.3 Å². The molecule has 2 nitrogen and oxygen atoms in total. The minimum Gasteiger partial charge on any atom is -0.379 e. The van der Waals surface area contributed by atoms with Gasteiger partial charge in [0.15, 0.2) is 5.78 Å². The first-order valence-corrected chi connectivity index (χ1v) is 3.54. The number of hydrogen-bond acceptors (Lipinski definition) is 2. The van der Waals surface area contributed by atoms with E-state index in [0.717, 1.165) is 12.1 Å². The van der Waals surface area contributed by atoms with Crippen LogP contribution in [0.2, 0.25) is 0 Å². The van der Waals surface area contributed by atoms with E-state index in [9.17, 15) is 4.79 Å². The maximum Gasteiger partial charge on any atom is 0.164 e. The molecule has 0 aromatic carbocycles. The predicted molar refractivity (Wildman–Crippen MR) is 40.6 cm³/mol. The molecule has 0 saturated heterocycles. The SMILES string of the molecule is CC1=CN(C)CC(C)C1=O. The number of nitrogens with zero attached hydrogens (tertiary/aromatic N) is 1. The molecule has 0 aromatic rings. The third kappa shape index (κ3) is 1.20. The van der Waals surface area contributed by atoms with E-state index < -0.39 is 0 Å². The molecule has 2 heteroatoms. The Kier molecular flexibility index (Phi) is 1.79. The van der Waals surface area contributed by atoms with Crippen LogP contribution in [0.5, 0.6) is 0 Å². The van der Waals surface area contributed by atoms with Crippen molar-refractivity contribution in [3.8, 4) is 0 Å². The number of rotatable bonds is 0. The summed E-state index contributed by atoms with van der Waals surface area (Å²) in [5.74, 6) is 0.466. The Morgan fingerprint density at radius 3 is 2.80 bits per heavy atom. The van der Waals surface area contributed by atoms with Crippen molar-refractivity contribution >= 4 is 5.78 Å². The lowest BCUT2D eigenvalue weighted by Gasteiger charge is -2.24. The summed E-state index contributed by atoms with van der Waals surface area (Å²) < 4.78 is 0. The van der Waals surface area contributed by atoms with Crippen LogP contribution in [0.4, 0.5) is 0 Å². The number of hydrogen-bond donors (Lipinski definition) is 0. The molecule has 1 aliphatic rings. The average molecular weight is 139 g/mol. The van der Waals surface area contributed by atoms with Crippen molar-refractivity contribution in [2.75, 3.05) is 13.6 Å². The van der Waals surface area contributed by atoms with E-state index in [-0.39, 0.29) is 11.7 Å². The Labute approximate surface area is 61.5 Å². The van der Waals surface area contributed by atoms with Crippen molar-refractivity contribution in [3.05, 3.63) is 11.8 Å². The van der Waals surface area contributed by atoms with E-state index in [1.165, 1.54) is 0 Å². The molecular weight excluding hydrogens is 126 g/mol. The van der Waals surface area contributed by atoms with Crippen molar-refractivity contribution in [2.45, 2.75) is 13.8 Å². The number of Topliss-reactive ketones (excluding diaryl/α,β-unsaturated/α-hetero) is 1. The van der Waals surface area contributed by atoms with Crippen LogP contribution in [0.15, 0.2) is 11.8 Å². The second kappa shape index (κ2) is 2.45. The molecule has 0 spiro atoms. The van der Waals surface area contributed by atoms with Crippen LogP contribution in [-0.2, 0) is 4.79 Å². The first kappa shape index (κ1) is 7.32. The third-order valence-corrected chi connectivity index (χ3v) is 1.81. The summed E-state index contributed by atoms with van der Waals surface area (Å²) in [6.45, 7) is 4.69. The van der Waals surface area contributed by atoms with Crippen molar-refractivity contribution in [2.24, 2.45) is 5.92 Å². The van der Waals surface area contributed by atoms with E-state index >= 15 is 0 Å². The van der Waals surface area contributed by atoms with Crippen LogP contribution in [0.3, 0.4) is 0 Å². The molecule has 1 aliphatic heterocycles. The summed E-state index contributed by atoms with van der Waals surface area (Å²) in [4.78, 5) is 13.2. The second-order valence-electron chi connectivity index (χ2n) is 3.02. The maximum atomic E-state index is 11.2. The third-order valence-electron chi connectivity index (χ3n) is 1.81. The van der Waals surface area contributed by atoms with Crippen molar-refractivity contribution in [1.29, 1.82) is 0 Å². The minimum atomic E-state index is 0.176. The van der Waals surface area contributed by atoms with E-state index in [0.29, 0.717) is 0 Å². The van der Waals surface area contributed by atoms with Gasteiger partial charge in [-0.25, -0.2) is 0 Å². The molecule has 1 unspecified atom stereocenters. The van der Waals surface area contributed by atoms with Gasteiger partial charge in [0.25, 0.3) is 0 Å². The molecule has 0 aromatic heterocycles. The average Bonchev–Trinajstić information content (AvgIpc) is 1.82. The van der Waals surface area contributed by atoms with Gasteiger partial charge in [-0.05, 0) is 6.92 Å². The van der Waals surface area contributed by atoms with Crippen molar-refractivity contribution < 1.29 is 4.79 Å². The monoisotopic (exact) mass is 139 g/mol. The maximum absolute atomic E-state index is 11.2. The van der Waals surface area contributed by atoms with Gasteiger partial charge in [-0.2, -0.15) is 0 Å². The quantitative estimate of drug-likeness (QED) is 0.500. The van der Waals surface area contributed by atoms with Gasteiger partial charge in [0.2, 0.25) is 0 Å². The van der Waals surface area contributed by atoms with Gasteiger partial charge in [-0.3, -0.25) is 4.79 Å². The zero-order chi connectivity index (χ0) is 7.72. The summed E-state index contributed by atoms with van der Waals surface area (Å²) in [5, 5.41) is 0. The summed E-state index contributed by atoms with van der Waals surface area (Å²) in [6.07, 6.45) is 1.91. The molecule has 1 atom stereocenters. The molecule has 0 amide bonds. The largest absolute Gasteiger partial charge is 0.379 e. The summed E-state index contributed by atoms with van der Waals surface area (Å²) in [6, 6.07) is 0. The predicted octanol–water partition coefficient (Wildman–Crippen LogP) is 1.04. The Balaban J connectivity index is 2.81. The summed E-state index contributed by atoms with van der Waals surface area (Å²) in [5.41, 5.74) is 0.876. The van der Waals surface area contributed by atoms with Gasteiger partial charge in [0.1, 0.15) is 0 Å². The highest BCUT2D eigenvalue weighted by Gasteiger charge is 2.20. The molecule has 56 valence electrons. The topological polar surface area (TPSA) is 20.3 Å². The zero-order valence-corrected chi connectivity index (χ0v) is 6.72. The Morgan fingerprint density at radius 2 is 2.30 bits per heavy atom. The Morgan fingerprint density at radius 1 is 1.70 bits per heavy atom. The lowest BCUT2D eigenvalue weighted by atomic mass is 9.97. The molecule has 0 radical (unpaired) electrons. The highest BCUT2D eigenvalue weighted by atomic mass is 16.1. The molecule has 1 heterocycles. The molecule has 0 fully saturated rings. The normalized spacial score (nSPS) is 26.7. The van der Waals surface area contributed by atoms with Crippen LogP contribution in [0, 0.1) is 5.92 Å². The van der Waals surface area contributed by atoms with Crippen molar-refractivity contribution in [1.82, 2.24) is 4.90 Å². The molecular formula is C8H13NO. The highest BCUT2D eigenvalue weighted by molar-refractivity contribution is 5.97. The fourth-order valence-electron chi connectivity index (χ4n) is 1.35. The van der Waals surface area contributed by atoms with Gasteiger partial charge in [-0.1, -0.05) is 6.92 Å². The first-order valence-electron chi connectivity index (χ1n) is 3.54. The first-order chi connectivity index (χ1) is 4.61. The number of carbonyl (C=O) groups excluding carboxylic acids is 1. The fourth-order valence-corrected chi connectivity index (χ4v) is 1.35. The molecule has 0 aliphatic carbocycles. The smallest absolute Gasteiger partial charge is 0.164 e. The molecule has 0 N–H and O–H groups in total. The highest BCUT2D eigenvalue weighted by Crippen LogP contribution is 2.13. The fraction of sp³-hybridized carbons (Fsp3) is 0.625. The van der Waals surface area contributed by atoms with Gasteiger partial charge in [-0.15, -0.1) is 0 Å². The van der Waals surface area contributed by atoms with E-state index in [4.69, 9.17) is 0 Å². The summed E-state index contributed by atoms with van der Waals surface area (Å²) >= 11 is 0. The van der Waals surface area contributed by atoms with Crippen molar-refractivity contribution in [3.63, 3.8) is 0 Å². The Bertz CT molecular complexity index is 184. The summed E-state index contributed by atoms with van der Waals surface area (Å²) in [7, 11) is 1.99. The van der Waals surface area contributed by atoms with Crippen LogP contribution >= 0.6 is 0 Å². The van der Waals surface area contributed by atoms with Crippen LogP contribution in [0.1, 0.15) is 13.8 Å². The van der Waals surface area contributed by atoms with Crippen LogP contribution < -0.4 is 0 Å². The standard InChI is InChI=1S/C8H13NO/c1-6-4-9(3)5-7(2)8(6)10/h4,7H,5H2,1-3H3. The lowest BCUT2D eigenvalue weighted by molar-refractivity contribution is -0.119. The number of ketones is 1. The second-order valence-corrected chi connectivity index (χ2v) is 3.02. The van der Waals surface area contributed by atoms with Gasteiger partial charge in [0.05, 0.1) is 0 Å². The van der Waals surface area contributed by atoms with E-state index in [1.807, 2.05) is 27.1 Å². The van der Waals surface area contributed by atoms with E-state index in [2.05, 4.69) is 4.90 Å². The minimum absolute atomic E-state index is 0.176.